The van der Waals surface area contributed by atoms with E-state index in [2.05, 4.69) is 30.9 Å². The number of amides is 2. The summed E-state index contributed by atoms with van der Waals surface area (Å²) in [4.78, 5) is 16.8. The van der Waals surface area contributed by atoms with E-state index in [-0.39, 0.29) is 0 Å². The minimum absolute atomic E-state index is 0.426. The maximum Gasteiger partial charge on any atom is 0.323 e. The highest BCUT2D eigenvalue weighted by molar-refractivity contribution is 6.35. The van der Waals surface area contributed by atoms with E-state index in [1.165, 1.54) is 0 Å². The lowest BCUT2D eigenvalue weighted by molar-refractivity contribution is 0.262. The molecule has 0 aliphatic heterocycles. The number of anilines is 2. The molecular weight excluding hydrogens is 461 g/mol. The molecule has 3 heterocycles. The lowest BCUT2D eigenvalue weighted by Crippen LogP contribution is -2.19. The quantitative estimate of drug-likeness (QED) is 0.342. The van der Waals surface area contributed by atoms with Gasteiger partial charge in [0, 0.05) is 33.2 Å². The van der Waals surface area contributed by atoms with Crippen molar-refractivity contribution in [3.8, 4) is 22.8 Å². The number of benzene rings is 2. The molecule has 10 heteroatoms. The van der Waals surface area contributed by atoms with Gasteiger partial charge in [0.25, 0.3) is 0 Å². The lowest BCUT2D eigenvalue weighted by atomic mass is 10.1. The predicted molar refractivity (Wildman–Crippen MR) is 129 cm³/mol. The van der Waals surface area contributed by atoms with E-state index in [0.29, 0.717) is 44.3 Å². The number of urea groups is 1. The molecule has 5 aromatic rings. The molecule has 0 spiro atoms. The number of rotatable bonds is 4. The first kappa shape index (κ1) is 20.9. The van der Waals surface area contributed by atoms with Crippen LogP contribution >= 0.6 is 23.2 Å². The van der Waals surface area contributed by atoms with Crippen molar-refractivity contribution in [3.63, 3.8) is 0 Å². The molecule has 0 aliphatic carbocycles. The maximum atomic E-state index is 12.4. The van der Waals surface area contributed by atoms with Gasteiger partial charge in [-0.3, -0.25) is 4.98 Å². The molecule has 0 radical (unpaired) electrons. The summed E-state index contributed by atoms with van der Waals surface area (Å²) in [5.74, 6) is 0.543. The molecule has 2 amide bonds. The molecule has 33 heavy (non-hydrogen) atoms. The minimum atomic E-state index is -0.426. The van der Waals surface area contributed by atoms with Crippen LogP contribution in [-0.2, 0) is 0 Å². The third kappa shape index (κ3) is 4.62. The summed E-state index contributed by atoms with van der Waals surface area (Å²) >= 11 is 12.0. The second kappa shape index (κ2) is 8.85. The smallest absolute Gasteiger partial charge is 0.308 e. The Labute approximate surface area is 198 Å². The molecule has 8 nitrogen and oxygen atoms in total. The molecule has 5 rings (SSSR count). The van der Waals surface area contributed by atoms with Gasteiger partial charge in [-0.05, 0) is 54.6 Å². The van der Waals surface area contributed by atoms with Gasteiger partial charge in [0.2, 0.25) is 5.82 Å². The number of carbonyl (C=O) groups is 1. The molecular formula is C23H15Cl2N7O. The Balaban J connectivity index is 1.40. The number of nitrogens with zero attached hydrogens (tertiary/aromatic N) is 5. The molecule has 0 saturated carbocycles. The van der Waals surface area contributed by atoms with E-state index >= 15 is 0 Å². The van der Waals surface area contributed by atoms with Crippen LogP contribution in [0.5, 0.6) is 0 Å². The first-order valence-electron chi connectivity index (χ1n) is 9.83. The van der Waals surface area contributed by atoms with E-state index in [1.807, 2.05) is 48.5 Å². The Bertz CT molecular complexity index is 1450. The van der Waals surface area contributed by atoms with Crippen LogP contribution in [0.1, 0.15) is 0 Å². The van der Waals surface area contributed by atoms with Gasteiger partial charge in [-0.1, -0.05) is 41.4 Å². The Morgan fingerprint density at radius 1 is 0.788 bits per heavy atom. The van der Waals surface area contributed by atoms with Crippen LogP contribution in [-0.4, -0.2) is 30.8 Å². The third-order valence-electron chi connectivity index (χ3n) is 4.69. The summed E-state index contributed by atoms with van der Waals surface area (Å²) in [6, 6.07) is 21.0. The molecule has 3 aromatic heterocycles. The number of hydrogen-bond acceptors (Lipinski definition) is 5. The van der Waals surface area contributed by atoms with Crippen molar-refractivity contribution in [1.82, 2.24) is 24.8 Å². The summed E-state index contributed by atoms with van der Waals surface area (Å²) in [7, 11) is 0. The molecule has 162 valence electrons. The fraction of sp³-hybridized carbons (Fsp3) is 0. The monoisotopic (exact) mass is 475 g/mol. The standard InChI is InChI=1S/C23H15Cl2N7O/c24-15-11-16(25)13-18(12-15)28-23(33)27-17-5-3-4-14(10-17)19-7-8-21-29-30-22(32(21)31-19)20-6-1-2-9-26-20/h1-13H,(H2,27,28,33). The van der Waals surface area contributed by atoms with E-state index < -0.39 is 6.03 Å². The maximum absolute atomic E-state index is 12.4. The number of nitrogens with one attached hydrogen (secondary N) is 2. The first-order valence-corrected chi connectivity index (χ1v) is 10.6. The van der Waals surface area contributed by atoms with Crippen molar-refractivity contribution in [2.45, 2.75) is 0 Å². The Morgan fingerprint density at radius 2 is 1.61 bits per heavy atom. The van der Waals surface area contributed by atoms with Crippen molar-refractivity contribution >= 4 is 46.3 Å². The fourth-order valence-corrected chi connectivity index (χ4v) is 3.80. The van der Waals surface area contributed by atoms with Gasteiger partial charge in [-0.2, -0.15) is 9.61 Å². The van der Waals surface area contributed by atoms with Crippen LogP contribution in [0.25, 0.3) is 28.4 Å². The summed E-state index contributed by atoms with van der Waals surface area (Å²) in [6.07, 6.45) is 1.69. The first-order chi connectivity index (χ1) is 16.0. The summed E-state index contributed by atoms with van der Waals surface area (Å²) in [5, 5.41) is 19.4. The van der Waals surface area contributed by atoms with Gasteiger partial charge in [-0.15, -0.1) is 10.2 Å². The third-order valence-corrected chi connectivity index (χ3v) is 5.13. The van der Waals surface area contributed by atoms with Crippen LogP contribution in [0, 0.1) is 0 Å². The van der Waals surface area contributed by atoms with Gasteiger partial charge >= 0.3 is 6.03 Å². The number of fused-ring (bicyclic) bond motifs is 1. The second-order valence-electron chi connectivity index (χ2n) is 7.05. The average molecular weight is 476 g/mol. The second-order valence-corrected chi connectivity index (χ2v) is 7.92. The Kier molecular flexibility index (Phi) is 5.60. The van der Waals surface area contributed by atoms with E-state index in [4.69, 9.17) is 23.2 Å². The minimum Gasteiger partial charge on any atom is -0.308 e. The van der Waals surface area contributed by atoms with E-state index in [0.717, 1.165) is 5.56 Å². The van der Waals surface area contributed by atoms with Gasteiger partial charge in [0.05, 0.1) is 5.69 Å². The molecule has 0 saturated heterocycles. The van der Waals surface area contributed by atoms with Crippen LogP contribution in [0.2, 0.25) is 10.0 Å². The Morgan fingerprint density at radius 3 is 2.39 bits per heavy atom. The predicted octanol–water partition coefficient (Wildman–Crippen LogP) is 5.80. The zero-order valence-corrected chi connectivity index (χ0v) is 18.4. The SMILES string of the molecule is O=C(Nc1cc(Cl)cc(Cl)c1)Nc1cccc(-c2ccc3nnc(-c4ccccn4)n3n2)c1. The number of aromatic nitrogens is 5. The average Bonchev–Trinajstić information content (AvgIpc) is 3.22. The zero-order valence-electron chi connectivity index (χ0n) is 16.9. The van der Waals surface area contributed by atoms with Crippen LogP contribution in [0.3, 0.4) is 0 Å². The fourth-order valence-electron chi connectivity index (χ4n) is 3.27. The number of carbonyl (C=O) groups excluding carboxylic acids is 1. The number of pyridine rings is 1. The van der Waals surface area contributed by atoms with E-state index in [1.54, 1.807) is 35.0 Å². The van der Waals surface area contributed by atoms with Gasteiger partial charge in [0.1, 0.15) is 5.69 Å². The number of halogens is 2. The highest BCUT2D eigenvalue weighted by Gasteiger charge is 2.12. The molecule has 2 aromatic carbocycles. The molecule has 0 aliphatic rings. The summed E-state index contributed by atoms with van der Waals surface area (Å²) < 4.78 is 1.65. The lowest BCUT2D eigenvalue weighted by Gasteiger charge is -2.10. The molecule has 0 bridgehead atoms. The number of hydrogen-bond donors (Lipinski definition) is 2. The van der Waals surface area contributed by atoms with Crippen molar-refractivity contribution < 1.29 is 4.79 Å². The van der Waals surface area contributed by atoms with Crippen molar-refractivity contribution in [1.29, 1.82) is 0 Å². The van der Waals surface area contributed by atoms with Crippen LogP contribution < -0.4 is 10.6 Å². The normalized spacial score (nSPS) is 10.8. The van der Waals surface area contributed by atoms with Crippen LogP contribution in [0.15, 0.2) is 79.0 Å². The topological polar surface area (TPSA) is 97.1 Å². The largest absolute Gasteiger partial charge is 0.323 e. The highest BCUT2D eigenvalue weighted by atomic mass is 35.5. The summed E-state index contributed by atoms with van der Waals surface area (Å²) in [6.45, 7) is 0. The van der Waals surface area contributed by atoms with Crippen molar-refractivity contribution in [3.05, 3.63) is 89.0 Å². The van der Waals surface area contributed by atoms with Crippen molar-refractivity contribution in [2.24, 2.45) is 0 Å². The molecule has 2 N–H and O–H groups in total. The van der Waals surface area contributed by atoms with E-state index in [9.17, 15) is 4.79 Å². The van der Waals surface area contributed by atoms with Gasteiger partial charge in [0.15, 0.2) is 5.65 Å². The molecule has 0 unspecified atom stereocenters. The summed E-state index contributed by atoms with van der Waals surface area (Å²) in [5.41, 5.74) is 3.85. The molecule has 0 atom stereocenters. The van der Waals surface area contributed by atoms with Crippen LogP contribution in [0.4, 0.5) is 16.2 Å². The highest BCUT2D eigenvalue weighted by Crippen LogP contribution is 2.24. The van der Waals surface area contributed by atoms with Crippen molar-refractivity contribution in [2.75, 3.05) is 10.6 Å². The Hall–Kier alpha value is -4.01. The van der Waals surface area contributed by atoms with Gasteiger partial charge in [-0.25, -0.2) is 4.79 Å². The molecule has 0 fully saturated rings. The zero-order chi connectivity index (χ0) is 22.8. The van der Waals surface area contributed by atoms with Gasteiger partial charge < -0.3 is 10.6 Å².